The zero-order chi connectivity index (χ0) is 19.5. The molecule has 2 fully saturated rings. The van der Waals surface area contributed by atoms with Gasteiger partial charge in [-0.1, -0.05) is 30.2 Å². The third-order valence-electron chi connectivity index (χ3n) is 5.38. The molecule has 9 nitrogen and oxygen atoms in total. The van der Waals surface area contributed by atoms with Crippen molar-refractivity contribution in [1.82, 2.24) is 19.9 Å². The Balaban J connectivity index is 1.37. The van der Waals surface area contributed by atoms with Gasteiger partial charge in [0.05, 0.1) is 23.6 Å². The Labute approximate surface area is 163 Å². The lowest BCUT2D eigenvalue weighted by Crippen LogP contribution is -2.52. The van der Waals surface area contributed by atoms with Crippen molar-refractivity contribution in [2.75, 3.05) is 36.4 Å². The summed E-state index contributed by atoms with van der Waals surface area (Å²) < 4.78 is 1.59. The van der Waals surface area contributed by atoms with Gasteiger partial charge in [0.1, 0.15) is 0 Å². The van der Waals surface area contributed by atoms with Gasteiger partial charge in [0.25, 0.3) is 5.91 Å². The first-order valence-corrected chi connectivity index (χ1v) is 9.73. The molecule has 148 valence electrons. The number of aromatic nitrogens is 3. The van der Waals surface area contributed by atoms with E-state index in [-0.39, 0.29) is 17.8 Å². The molecule has 2 aliphatic rings. The molecule has 2 aromatic rings. The lowest BCUT2D eigenvalue weighted by atomic mass is 10.1. The number of rotatable bonds is 4. The maximum atomic E-state index is 12.7. The molecule has 3 N–H and O–H groups in total. The van der Waals surface area contributed by atoms with Crippen LogP contribution in [0.15, 0.2) is 30.5 Å². The van der Waals surface area contributed by atoms with Crippen molar-refractivity contribution in [3.63, 3.8) is 0 Å². The van der Waals surface area contributed by atoms with Crippen molar-refractivity contribution in [2.45, 2.75) is 31.7 Å². The third kappa shape index (κ3) is 3.78. The fraction of sp³-hybridized carbons (Fsp3) is 0.474. The number of carbonyl (C=O) groups excluding carboxylic acids is 2. The fourth-order valence-corrected chi connectivity index (χ4v) is 3.72. The number of primary amides is 1. The molecule has 1 aromatic heterocycles. The van der Waals surface area contributed by atoms with E-state index in [1.807, 2.05) is 18.2 Å². The number of nitrogens with one attached hydrogen (secondary N) is 1. The number of nitrogens with zero attached hydrogens (tertiary/aromatic N) is 5. The summed E-state index contributed by atoms with van der Waals surface area (Å²) in [5.74, 6) is -0.606. The van der Waals surface area contributed by atoms with Gasteiger partial charge >= 0.3 is 6.03 Å². The molecule has 0 atom stereocenters. The van der Waals surface area contributed by atoms with E-state index in [1.165, 1.54) is 31.9 Å². The molecule has 3 amide bonds. The lowest BCUT2D eigenvalue weighted by Gasteiger charge is -2.39. The molecule has 0 aliphatic carbocycles. The van der Waals surface area contributed by atoms with Gasteiger partial charge in [-0.15, -0.1) is 5.10 Å². The first-order valence-electron chi connectivity index (χ1n) is 9.73. The van der Waals surface area contributed by atoms with Gasteiger partial charge in [-0.2, -0.15) is 0 Å². The van der Waals surface area contributed by atoms with E-state index in [9.17, 15) is 9.59 Å². The Morgan fingerprint density at radius 3 is 2.46 bits per heavy atom. The van der Waals surface area contributed by atoms with Gasteiger partial charge in [-0.3, -0.25) is 4.79 Å². The second-order valence-corrected chi connectivity index (χ2v) is 7.36. The Morgan fingerprint density at radius 2 is 1.79 bits per heavy atom. The maximum absolute atomic E-state index is 12.7. The number of carbonyl (C=O) groups is 2. The van der Waals surface area contributed by atoms with E-state index in [0.29, 0.717) is 13.1 Å². The van der Waals surface area contributed by atoms with Crippen molar-refractivity contribution in [3.05, 3.63) is 36.2 Å². The minimum atomic E-state index is -0.606. The summed E-state index contributed by atoms with van der Waals surface area (Å²) in [4.78, 5) is 27.9. The van der Waals surface area contributed by atoms with Crippen LogP contribution in [0.2, 0.25) is 0 Å². The second kappa shape index (κ2) is 7.87. The van der Waals surface area contributed by atoms with Crippen LogP contribution in [0.1, 0.15) is 42.2 Å². The standard InChI is InChI=1S/C19H25N7O2/c20-18(27)16-13-26(23-22-16)14-11-25(12-14)19(28)21-15-7-3-4-8-17(15)24-9-5-1-2-6-10-24/h3-4,7-8,13-14H,1-2,5-6,9-12H2,(H2,20,27)(H,21,28). The van der Waals surface area contributed by atoms with Gasteiger partial charge in [-0.25, -0.2) is 9.48 Å². The van der Waals surface area contributed by atoms with E-state index in [0.717, 1.165) is 24.5 Å². The van der Waals surface area contributed by atoms with Crippen LogP contribution in [0.25, 0.3) is 0 Å². The predicted molar refractivity (Wildman–Crippen MR) is 105 cm³/mol. The third-order valence-corrected chi connectivity index (χ3v) is 5.38. The van der Waals surface area contributed by atoms with Crippen LogP contribution in [0.4, 0.5) is 16.2 Å². The van der Waals surface area contributed by atoms with Crippen LogP contribution in [0.5, 0.6) is 0 Å². The Hall–Kier alpha value is -3.10. The maximum Gasteiger partial charge on any atom is 0.322 e. The van der Waals surface area contributed by atoms with Crippen molar-refractivity contribution in [2.24, 2.45) is 5.73 Å². The minimum absolute atomic E-state index is 0.00667. The van der Waals surface area contributed by atoms with E-state index < -0.39 is 5.91 Å². The van der Waals surface area contributed by atoms with Crippen LogP contribution in [0.3, 0.4) is 0 Å². The molecule has 0 spiro atoms. The topological polar surface area (TPSA) is 109 Å². The van der Waals surface area contributed by atoms with E-state index in [1.54, 1.807) is 9.58 Å². The molecule has 0 saturated carbocycles. The highest BCUT2D eigenvalue weighted by Gasteiger charge is 2.33. The number of amides is 3. The molecule has 2 aliphatic heterocycles. The Kier molecular flexibility index (Phi) is 5.14. The second-order valence-electron chi connectivity index (χ2n) is 7.36. The summed E-state index contributed by atoms with van der Waals surface area (Å²) in [6, 6.07) is 7.85. The van der Waals surface area contributed by atoms with Gasteiger partial charge in [-0.05, 0) is 25.0 Å². The SMILES string of the molecule is NC(=O)c1cn(C2CN(C(=O)Nc3ccccc3N3CCCCCC3)C2)nn1. The van der Waals surface area contributed by atoms with Crippen LogP contribution in [-0.2, 0) is 0 Å². The average Bonchev–Trinajstić information content (AvgIpc) is 2.96. The van der Waals surface area contributed by atoms with Crippen molar-refractivity contribution in [3.8, 4) is 0 Å². The normalized spacial score (nSPS) is 17.7. The zero-order valence-electron chi connectivity index (χ0n) is 15.8. The summed E-state index contributed by atoms with van der Waals surface area (Å²) in [5, 5.41) is 10.7. The molecule has 0 bridgehead atoms. The number of para-hydroxylation sites is 2. The summed E-state index contributed by atoms with van der Waals surface area (Å²) in [5.41, 5.74) is 7.26. The summed E-state index contributed by atoms with van der Waals surface area (Å²) in [6.07, 6.45) is 6.42. The molecule has 0 unspecified atom stereocenters. The van der Waals surface area contributed by atoms with Crippen molar-refractivity contribution in [1.29, 1.82) is 0 Å². The minimum Gasteiger partial charge on any atom is -0.370 e. The largest absolute Gasteiger partial charge is 0.370 e. The zero-order valence-corrected chi connectivity index (χ0v) is 15.8. The molecule has 1 aromatic carbocycles. The molecular weight excluding hydrogens is 358 g/mol. The van der Waals surface area contributed by atoms with Gasteiger partial charge < -0.3 is 20.9 Å². The average molecular weight is 383 g/mol. The molecule has 28 heavy (non-hydrogen) atoms. The molecular formula is C19H25N7O2. The quantitative estimate of drug-likeness (QED) is 0.837. The van der Waals surface area contributed by atoms with Crippen LogP contribution in [0, 0.1) is 0 Å². The van der Waals surface area contributed by atoms with Gasteiger partial charge in [0.2, 0.25) is 0 Å². The highest BCUT2D eigenvalue weighted by atomic mass is 16.2. The lowest BCUT2D eigenvalue weighted by molar-refractivity contribution is 0.0995. The monoisotopic (exact) mass is 383 g/mol. The first-order chi connectivity index (χ1) is 13.6. The van der Waals surface area contributed by atoms with Crippen LogP contribution < -0.4 is 16.0 Å². The van der Waals surface area contributed by atoms with Crippen molar-refractivity contribution >= 4 is 23.3 Å². The number of hydrogen-bond acceptors (Lipinski definition) is 5. The number of anilines is 2. The molecule has 3 heterocycles. The molecule has 0 radical (unpaired) electrons. The highest BCUT2D eigenvalue weighted by Crippen LogP contribution is 2.29. The fourth-order valence-electron chi connectivity index (χ4n) is 3.72. The Bertz CT molecular complexity index is 851. The summed E-state index contributed by atoms with van der Waals surface area (Å²) in [7, 11) is 0. The van der Waals surface area contributed by atoms with Gasteiger partial charge in [0, 0.05) is 26.2 Å². The summed E-state index contributed by atoms with van der Waals surface area (Å²) >= 11 is 0. The van der Waals surface area contributed by atoms with E-state index >= 15 is 0 Å². The molecule has 9 heteroatoms. The number of benzene rings is 1. The number of likely N-dealkylation sites (tertiary alicyclic amines) is 1. The first kappa shape index (κ1) is 18.3. The molecule has 4 rings (SSSR count). The van der Waals surface area contributed by atoms with Gasteiger partial charge in [0.15, 0.2) is 5.69 Å². The predicted octanol–water partition coefficient (Wildman–Crippen LogP) is 1.85. The Morgan fingerprint density at radius 1 is 1.07 bits per heavy atom. The number of urea groups is 1. The molecule has 2 saturated heterocycles. The van der Waals surface area contributed by atoms with Crippen molar-refractivity contribution < 1.29 is 9.59 Å². The van der Waals surface area contributed by atoms with Crippen LogP contribution in [-0.4, -0.2) is 58.0 Å². The smallest absolute Gasteiger partial charge is 0.322 e. The summed E-state index contributed by atoms with van der Waals surface area (Å²) in [6.45, 7) is 3.07. The van der Waals surface area contributed by atoms with Crippen LogP contribution >= 0.6 is 0 Å². The van der Waals surface area contributed by atoms with E-state index in [2.05, 4.69) is 26.6 Å². The highest BCUT2D eigenvalue weighted by molar-refractivity contribution is 5.93. The number of nitrogens with two attached hydrogens (primary N) is 1. The van der Waals surface area contributed by atoms with E-state index in [4.69, 9.17) is 5.73 Å². The number of hydrogen-bond donors (Lipinski definition) is 2.